The Kier molecular flexibility index (Phi) is 5.78. The van der Waals surface area contributed by atoms with Crippen LogP contribution in [-0.4, -0.2) is 4.98 Å². The van der Waals surface area contributed by atoms with E-state index in [0.29, 0.717) is 0 Å². The number of hydrogen-bond donors (Lipinski definition) is 0. The quantitative estimate of drug-likeness (QED) is 0.203. The summed E-state index contributed by atoms with van der Waals surface area (Å²) in [6, 6.07) is 47.7. The first-order valence-electron chi connectivity index (χ1n) is 14.9. The lowest BCUT2D eigenvalue weighted by Gasteiger charge is -2.11. The Morgan fingerprint density at radius 1 is 0.378 bits per heavy atom. The third-order valence-electron chi connectivity index (χ3n) is 8.42. The highest BCUT2D eigenvalue weighted by molar-refractivity contribution is 6.06. The van der Waals surface area contributed by atoms with Gasteiger partial charge in [0.1, 0.15) is 33.8 Å². The molecule has 4 heteroatoms. The summed E-state index contributed by atoms with van der Waals surface area (Å²) >= 11 is 0. The number of fused-ring (bicyclic) bond motifs is 6. The normalized spacial score (nSPS) is 11.6. The molecular weight excluding hydrogens is 554 g/mol. The molecular formula is C41H25NO3. The van der Waals surface area contributed by atoms with Gasteiger partial charge < -0.3 is 13.6 Å². The minimum atomic E-state index is 0.776. The molecule has 3 aromatic heterocycles. The Morgan fingerprint density at radius 2 is 0.956 bits per heavy atom. The second kappa shape index (κ2) is 10.2. The average Bonchev–Trinajstić information content (AvgIpc) is 3.66. The van der Waals surface area contributed by atoms with Gasteiger partial charge in [0.05, 0.1) is 0 Å². The second-order valence-corrected chi connectivity index (χ2v) is 11.2. The molecule has 0 aliphatic rings. The topological polar surface area (TPSA) is 48.4 Å². The fraction of sp³-hybridized carbons (Fsp3) is 0. The van der Waals surface area contributed by atoms with Gasteiger partial charge in [-0.3, -0.25) is 4.98 Å². The zero-order chi connectivity index (χ0) is 29.7. The molecule has 0 bridgehead atoms. The molecule has 0 fully saturated rings. The lowest BCUT2D eigenvalue weighted by atomic mass is 9.98. The summed E-state index contributed by atoms with van der Waals surface area (Å²) in [5.74, 6) is 1.56. The summed E-state index contributed by atoms with van der Waals surface area (Å²) in [6.07, 6.45) is 3.62. The van der Waals surface area contributed by atoms with E-state index in [1.807, 2.05) is 60.8 Å². The highest BCUT2D eigenvalue weighted by Crippen LogP contribution is 2.36. The highest BCUT2D eigenvalue weighted by atomic mass is 16.5. The van der Waals surface area contributed by atoms with Gasteiger partial charge >= 0.3 is 0 Å². The first-order valence-corrected chi connectivity index (χ1v) is 14.9. The van der Waals surface area contributed by atoms with E-state index in [-0.39, 0.29) is 0 Å². The van der Waals surface area contributed by atoms with Gasteiger partial charge in [0.2, 0.25) is 0 Å². The fourth-order valence-corrected chi connectivity index (χ4v) is 6.20. The molecule has 3 heterocycles. The SMILES string of the molecule is c1cc(Oc2cccc(-c3ccc4c(c3)oc3ccccc34)c2)cc(-c2cccc(-c3ccc4oc5ccncc5c4c3)c2)c1. The summed E-state index contributed by atoms with van der Waals surface area (Å²) in [7, 11) is 0. The van der Waals surface area contributed by atoms with Crippen LogP contribution in [0.1, 0.15) is 0 Å². The van der Waals surface area contributed by atoms with Gasteiger partial charge in [0.25, 0.3) is 0 Å². The fourth-order valence-electron chi connectivity index (χ4n) is 6.20. The number of aromatic nitrogens is 1. The van der Waals surface area contributed by atoms with Crippen molar-refractivity contribution in [2.45, 2.75) is 0 Å². The molecule has 0 unspecified atom stereocenters. The van der Waals surface area contributed by atoms with Gasteiger partial charge in [-0.15, -0.1) is 0 Å². The molecule has 6 aromatic carbocycles. The van der Waals surface area contributed by atoms with Crippen LogP contribution in [0.25, 0.3) is 77.3 Å². The maximum atomic E-state index is 6.39. The van der Waals surface area contributed by atoms with E-state index >= 15 is 0 Å². The van der Waals surface area contributed by atoms with E-state index in [4.69, 9.17) is 13.6 Å². The van der Waals surface area contributed by atoms with Gasteiger partial charge in [0.15, 0.2) is 0 Å². The minimum Gasteiger partial charge on any atom is -0.457 e. The van der Waals surface area contributed by atoms with Crippen molar-refractivity contribution in [2.75, 3.05) is 0 Å². The monoisotopic (exact) mass is 579 g/mol. The number of benzene rings is 6. The molecule has 0 atom stereocenters. The van der Waals surface area contributed by atoms with Gasteiger partial charge in [-0.05, 0) is 100 Å². The number of pyridine rings is 1. The highest BCUT2D eigenvalue weighted by Gasteiger charge is 2.11. The van der Waals surface area contributed by atoms with E-state index in [1.54, 1.807) is 6.20 Å². The molecule has 9 rings (SSSR count). The van der Waals surface area contributed by atoms with Crippen molar-refractivity contribution < 1.29 is 13.6 Å². The van der Waals surface area contributed by atoms with Crippen LogP contribution >= 0.6 is 0 Å². The van der Waals surface area contributed by atoms with Crippen LogP contribution < -0.4 is 4.74 Å². The summed E-state index contributed by atoms with van der Waals surface area (Å²) in [5, 5.41) is 4.34. The van der Waals surface area contributed by atoms with E-state index in [2.05, 4.69) is 89.9 Å². The molecule has 4 nitrogen and oxygen atoms in total. The van der Waals surface area contributed by atoms with Crippen LogP contribution in [0.2, 0.25) is 0 Å². The van der Waals surface area contributed by atoms with E-state index in [0.717, 1.165) is 88.8 Å². The Labute approximate surface area is 258 Å². The molecule has 0 radical (unpaired) electrons. The van der Waals surface area contributed by atoms with Crippen LogP contribution in [-0.2, 0) is 0 Å². The van der Waals surface area contributed by atoms with Crippen LogP contribution in [0.5, 0.6) is 11.5 Å². The minimum absolute atomic E-state index is 0.776. The van der Waals surface area contributed by atoms with Crippen LogP contribution in [0.4, 0.5) is 0 Å². The van der Waals surface area contributed by atoms with Gasteiger partial charge in [-0.25, -0.2) is 0 Å². The third-order valence-corrected chi connectivity index (χ3v) is 8.42. The Hall–Kier alpha value is -6.13. The first kappa shape index (κ1) is 25.4. The molecule has 0 saturated carbocycles. The summed E-state index contributed by atoms with van der Waals surface area (Å²) in [6.45, 7) is 0. The van der Waals surface area contributed by atoms with Crippen molar-refractivity contribution in [1.29, 1.82) is 0 Å². The Balaban J connectivity index is 1.00. The molecule has 0 aliphatic carbocycles. The van der Waals surface area contributed by atoms with Crippen LogP contribution in [0.3, 0.4) is 0 Å². The van der Waals surface area contributed by atoms with Gasteiger partial charge in [-0.2, -0.15) is 0 Å². The van der Waals surface area contributed by atoms with Crippen molar-refractivity contribution in [3.8, 4) is 44.9 Å². The van der Waals surface area contributed by atoms with Crippen molar-refractivity contribution in [1.82, 2.24) is 4.98 Å². The summed E-state index contributed by atoms with van der Waals surface area (Å²) < 4.78 is 18.5. The predicted molar refractivity (Wildman–Crippen MR) is 182 cm³/mol. The molecule has 0 N–H and O–H groups in total. The number of hydrogen-bond acceptors (Lipinski definition) is 4. The molecule has 0 spiro atoms. The zero-order valence-corrected chi connectivity index (χ0v) is 24.1. The van der Waals surface area contributed by atoms with Crippen molar-refractivity contribution in [2.24, 2.45) is 0 Å². The van der Waals surface area contributed by atoms with Gasteiger partial charge in [0, 0.05) is 33.9 Å². The summed E-state index contributed by atoms with van der Waals surface area (Å²) in [5.41, 5.74) is 10.1. The average molecular weight is 580 g/mol. The Bertz CT molecular complexity index is 2540. The van der Waals surface area contributed by atoms with Crippen LogP contribution in [0.15, 0.2) is 161 Å². The number of para-hydroxylation sites is 1. The first-order chi connectivity index (χ1) is 22.2. The molecule has 9 aromatic rings. The smallest absolute Gasteiger partial charge is 0.138 e. The van der Waals surface area contributed by atoms with Crippen molar-refractivity contribution >= 4 is 43.9 Å². The van der Waals surface area contributed by atoms with E-state index < -0.39 is 0 Å². The molecule has 0 aliphatic heterocycles. The largest absolute Gasteiger partial charge is 0.457 e. The third kappa shape index (κ3) is 4.52. The van der Waals surface area contributed by atoms with Crippen molar-refractivity contribution in [3.63, 3.8) is 0 Å². The van der Waals surface area contributed by atoms with E-state index in [9.17, 15) is 0 Å². The Morgan fingerprint density at radius 3 is 1.76 bits per heavy atom. The zero-order valence-electron chi connectivity index (χ0n) is 24.1. The number of rotatable bonds is 5. The maximum Gasteiger partial charge on any atom is 0.138 e. The van der Waals surface area contributed by atoms with Crippen LogP contribution in [0, 0.1) is 0 Å². The standard InChI is InChI=1S/C41H25NO3/c1-2-13-38-34(12-1)35-16-14-31(24-41(35)45-38)29-9-5-11-33(22-29)43-32-10-4-8-28(21-32)26-6-3-7-27(20-26)30-15-17-39-36(23-30)37-25-42-19-18-40(37)44-39/h1-25H. The summed E-state index contributed by atoms with van der Waals surface area (Å²) in [4.78, 5) is 4.29. The molecule has 45 heavy (non-hydrogen) atoms. The number of furan rings is 2. The maximum absolute atomic E-state index is 6.39. The molecule has 0 amide bonds. The molecule has 0 saturated heterocycles. The lowest BCUT2D eigenvalue weighted by molar-refractivity contribution is 0.483. The number of nitrogens with zero attached hydrogens (tertiary/aromatic N) is 1. The van der Waals surface area contributed by atoms with E-state index in [1.165, 1.54) is 0 Å². The lowest BCUT2D eigenvalue weighted by Crippen LogP contribution is -1.87. The van der Waals surface area contributed by atoms with Crippen molar-refractivity contribution in [3.05, 3.63) is 152 Å². The molecule has 212 valence electrons. The second-order valence-electron chi connectivity index (χ2n) is 11.2. The predicted octanol–water partition coefficient (Wildman–Crippen LogP) is 11.7. The number of ether oxygens (including phenoxy) is 1. The van der Waals surface area contributed by atoms with Gasteiger partial charge in [-0.1, -0.05) is 72.8 Å².